The highest BCUT2D eigenvalue weighted by atomic mass is 16.5. The Bertz CT molecular complexity index is 1170. The fourth-order valence-electron chi connectivity index (χ4n) is 4.15. The number of carbonyl (C=O) groups excluding carboxylic acids is 2. The molecular formula is C25H30N6O3. The number of carbonyl (C=O) groups is 2. The molecule has 1 saturated heterocycles. The van der Waals surface area contributed by atoms with E-state index in [1.54, 1.807) is 19.2 Å². The van der Waals surface area contributed by atoms with Crippen molar-refractivity contribution in [1.82, 2.24) is 20.5 Å². The van der Waals surface area contributed by atoms with Gasteiger partial charge in [-0.2, -0.15) is 0 Å². The minimum atomic E-state index is -0.256. The molecular weight excluding hydrogens is 432 g/mol. The van der Waals surface area contributed by atoms with Crippen molar-refractivity contribution < 1.29 is 14.3 Å². The van der Waals surface area contributed by atoms with Crippen molar-refractivity contribution in [3.63, 3.8) is 0 Å². The summed E-state index contributed by atoms with van der Waals surface area (Å²) in [5.41, 5.74) is 3.07. The van der Waals surface area contributed by atoms with Crippen LogP contribution in [0.4, 0.5) is 21.0 Å². The number of anilines is 2. The predicted molar refractivity (Wildman–Crippen MR) is 133 cm³/mol. The summed E-state index contributed by atoms with van der Waals surface area (Å²) >= 11 is 0. The number of methoxy groups -OCH3 is 1. The number of para-hydroxylation sites is 3. The minimum absolute atomic E-state index is 0.0506. The molecule has 0 radical (unpaired) electrons. The number of likely N-dealkylation sites (tertiary alicyclic amines) is 1. The molecule has 9 nitrogen and oxygen atoms in total. The third-order valence-electron chi connectivity index (χ3n) is 5.77. The van der Waals surface area contributed by atoms with Crippen LogP contribution in [0.25, 0.3) is 10.9 Å². The van der Waals surface area contributed by atoms with E-state index in [2.05, 4.69) is 31.2 Å². The fraction of sp³-hybridized carbons (Fsp3) is 0.320. The summed E-state index contributed by atoms with van der Waals surface area (Å²) in [6.07, 6.45) is 0.855. The van der Waals surface area contributed by atoms with Gasteiger partial charge in [0.1, 0.15) is 5.75 Å². The molecule has 0 bridgehead atoms. The Balaban J connectivity index is 1.20. The maximum atomic E-state index is 12.4. The molecule has 1 fully saturated rings. The lowest BCUT2D eigenvalue weighted by molar-refractivity contribution is 0.246. The van der Waals surface area contributed by atoms with Gasteiger partial charge in [0.05, 0.1) is 24.0 Å². The van der Waals surface area contributed by atoms with E-state index in [1.807, 2.05) is 49.4 Å². The predicted octanol–water partition coefficient (Wildman–Crippen LogP) is 3.57. The Hall–Kier alpha value is -3.85. The average molecular weight is 463 g/mol. The zero-order valence-electron chi connectivity index (χ0n) is 19.4. The van der Waals surface area contributed by atoms with E-state index in [0.717, 1.165) is 41.8 Å². The van der Waals surface area contributed by atoms with E-state index in [0.29, 0.717) is 24.5 Å². The van der Waals surface area contributed by atoms with Crippen LogP contribution in [0.3, 0.4) is 0 Å². The van der Waals surface area contributed by atoms with Gasteiger partial charge in [0.15, 0.2) is 0 Å². The first-order valence-electron chi connectivity index (χ1n) is 11.4. The van der Waals surface area contributed by atoms with Crippen LogP contribution in [0.2, 0.25) is 0 Å². The van der Waals surface area contributed by atoms with Crippen LogP contribution >= 0.6 is 0 Å². The van der Waals surface area contributed by atoms with E-state index >= 15 is 0 Å². The highest BCUT2D eigenvalue weighted by molar-refractivity contribution is 6.00. The number of amides is 4. The minimum Gasteiger partial charge on any atom is -0.495 e. The van der Waals surface area contributed by atoms with Crippen molar-refractivity contribution in [1.29, 1.82) is 0 Å². The van der Waals surface area contributed by atoms with E-state index in [-0.39, 0.29) is 18.1 Å². The summed E-state index contributed by atoms with van der Waals surface area (Å²) in [5, 5.41) is 12.6. The van der Waals surface area contributed by atoms with Crippen LogP contribution in [-0.4, -0.2) is 61.3 Å². The topological polar surface area (TPSA) is 108 Å². The number of benzene rings is 2. The van der Waals surface area contributed by atoms with Gasteiger partial charge in [-0.1, -0.05) is 30.3 Å². The molecule has 34 heavy (non-hydrogen) atoms. The van der Waals surface area contributed by atoms with E-state index < -0.39 is 0 Å². The van der Waals surface area contributed by atoms with Gasteiger partial charge < -0.3 is 26.0 Å². The van der Waals surface area contributed by atoms with Gasteiger partial charge in [-0.3, -0.25) is 9.88 Å². The largest absolute Gasteiger partial charge is 0.495 e. The van der Waals surface area contributed by atoms with Gasteiger partial charge in [-0.25, -0.2) is 9.59 Å². The zero-order valence-corrected chi connectivity index (χ0v) is 19.4. The number of rotatable bonds is 7. The highest BCUT2D eigenvalue weighted by Gasteiger charge is 2.24. The molecule has 2 aromatic carbocycles. The van der Waals surface area contributed by atoms with Crippen molar-refractivity contribution >= 4 is 34.3 Å². The molecule has 1 aliphatic heterocycles. The smallest absolute Gasteiger partial charge is 0.319 e. The molecule has 0 aliphatic carbocycles. The van der Waals surface area contributed by atoms with Crippen LogP contribution in [0.1, 0.15) is 12.1 Å². The van der Waals surface area contributed by atoms with Gasteiger partial charge in [0.25, 0.3) is 0 Å². The summed E-state index contributed by atoms with van der Waals surface area (Å²) in [7, 11) is 1.57. The normalized spacial score (nSPS) is 15.6. The first-order valence-corrected chi connectivity index (χ1v) is 11.4. The van der Waals surface area contributed by atoms with Gasteiger partial charge >= 0.3 is 12.1 Å². The maximum absolute atomic E-state index is 12.4. The lowest BCUT2D eigenvalue weighted by atomic mass is 10.1. The first-order chi connectivity index (χ1) is 16.5. The van der Waals surface area contributed by atoms with Crippen molar-refractivity contribution in [2.24, 2.45) is 0 Å². The van der Waals surface area contributed by atoms with Crippen LogP contribution in [0.5, 0.6) is 5.75 Å². The number of aromatic nitrogens is 1. The van der Waals surface area contributed by atoms with E-state index in [1.165, 1.54) is 0 Å². The second-order valence-electron chi connectivity index (χ2n) is 8.29. The first kappa shape index (κ1) is 23.3. The lowest BCUT2D eigenvalue weighted by Gasteiger charge is -2.18. The molecule has 1 aliphatic rings. The number of hydrogen-bond donors (Lipinski definition) is 4. The Morgan fingerprint density at radius 3 is 2.68 bits per heavy atom. The summed E-state index contributed by atoms with van der Waals surface area (Å²) in [5.74, 6) is 0.616. The van der Waals surface area contributed by atoms with Crippen molar-refractivity contribution in [3.05, 3.63) is 60.3 Å². The van der Waals surface area contributed by atoms with Crippen LogP contribution in [0.15, 0.2) is 54.6 Å². The summed E-state index contributed by atoms with van der Waals surface area (Å²) in [6.45, 7) is 4.71. The molecule has 4 N–H and O–H groups in total. The second kappa shape index (κ2) is 10.8. The van der Waals surface area contributed by atoms with Crippen LogP contribution < -0.4 is 26.0 Å². The number of nitrogens with one attached hydrogen (secondary N) is 4. The monoisotopic (exact) mass is 462 g/mol. The fourth-order valence-corrected chi connectivity index (χ4v) is 4.15. The second-order valence-corrected chi connectivity index (χ2v) is 8.29. The van der Waals surface area contributed by atoms with Gasteiger partial charge in [-0.05, 0) is 37.6 Å². The number of fused-ring (bicyclic) bond motifs is 1. The molecule has 4 rings (SSSR count). The number of hydrogen-bond acceptors (Lipinski definition) is 5. The number of urea groups is 2. The Morgan fingerprint density at radius 1 is 1.06 bits per heavy atom. The molecule has 9 heteroatoms. The SMILES string of the molecule is COc1ccccc1NC(=O)NC1CCN(CCNC(=O)Nc2cc(C)nc3ccccc23)C1. The molecule has 1 atom stereocenters. The van der Waals surface area contributed by atoms with Gasteiger partial charge in [0, 0.05) is 43.3 Å². The third kappa shape index (κ3) is 5.93. The Labute approximate surface area is 198 Å². The summed E-state index contributed by atoms with van der Waals surface area (Å²) in [4.78, 5) is 31.5. The van der Waals surface area contributed by atoms with Crippen LogP contribution in [-0.2, 0) is 0 Å². The molecule has 0 saturated carbocycles. The lowest BCUT2D eigenvalue weighted by Crippen LogP contribution is -2.41. The third-order valence-corrected chi connectivity index (χ3v) is 5.77. The zero-order chi connectivity index (χ0) is 23.9. The summed E-state index contributed by atoms with van der Waals surface area (Å²) < 4.78 is 5.27. The van der Waals surface area contributed by atoms with Crippen molar-refractivity contribution in [2.75, 3.05) is 43.9 Å². The quantitative estimate of drug-likeness (QED) is 0.429. The molecule has 0 spiro atoms. The molecule has 4 amide bonds. The number of aryl methyl sites for hydroxylation is 1. The molecule has 2 heterocycles. The van der Waals surface area contributed by atoms with Gasteiger partial charge in [0.2, 0.25) is 0 Å². The van der Waals surface area contributed by atoms with E-state index in [4.69, 9.17) is 4.74 Å². The molecule has 1 unspecified atom stereocenters. The molecule has 3 aromatic rings. The Kier molecular flexibility index (Phi) is 7.44. The van der Waals surface area contributed by atoms with Crippen molar-refractivity contribution in [2.45, 2.75) is 19.4 Å². The standard InChI is InChI=1S/C25H30N6O3/c1-17-15-22(19-7-3-4-8-20(19)27-17)30-24(32)26-12-14-31-13-11-18(16-31)28-25(33)29-21-9-5-6-10-23(21)34-2/h3-10,15,18H,11-14,16H2,1-2H3,(H2,28,29,33)(H2,26,27,30,32). The number of pyridine rings is 1. The maximum Gasteiger partial charge on any atom is 0.319 e. The highest BCUT2D eigenvalue weighted by Crippen LogP contribution is 2.23. The van der Waals surface area contributed by atoms with Crippen molar-refractivity contribution in [3.8, 4) is 5.75 Å². The Morgan fingerprint density at radius 2 is 1.82 bits per heavy atom. The molecule has 178 valence electrons. The number of nitrogens with zero attached hydrogens (tertiary/aromatic N) is 2. The van der Waals surface area contributed by atoms with E-state index in [9.17, 15) is 9.59 Å². The molecule has 1 aromatic heterocycles. The van der Waals surface area contributed by atoms with Crippen LogP contribution in [0, 0.1) is 6.92 Å². The average Bonchev–Trinajstić information content (AvgIpc) is 3.26. The summed E-state index contributed by atoms with van der Waals surface area (Å²) in [6, 6.07) is 16.4. The number of ether oxygens (including phenoxy) is 1. The van der Waals surface area contributed by atoms with Gasteiger partial charge in [-0.15, -0.1) is 0 Å².